The van der Waals surface area contributed by atoms with E-state index in [1.807, 2.05) is 6.92 Å². The van der Waals surface area contributed by atoms with Gasteiger partial charge in [-0.05, 0) is 25.0 Å². The molecule has 0 unspecified atom stereocenters. The van der Waals surface area contributed by atoms with Gasteiger partial charge in [-0.15, -0.1) is 0 Å². The molecular weight excluding hydrogens is 345 g/mol. The van der Waals surface area contributed by atoms with E-state index in [1.165, 1.54) is 4.68 Å². The molecule has 2 rings (SSSR count). The quantitative estimate of drug-likeness (QED) is 0.570. The number of benzene rings is 1. The van der Waals surface area contributed by atoms with Crippen LogP contribution in [0.5, 0.6) is 5.75 Å². The van der Waals surface area contributed by atoms with Crippen molar-refractivity contribution >= 4 is 5.91 Å². The first-order chi connectivity index (χ1) is 13.1. The molecule has 0 aliphatic rings. The second-order valence-corrected chi connectivity index (χ2v) is 6.16. The molecule has 0 saturated heterocycles. The summed E-state index contributed by atoms with van der Waals surface area (Å²) >= 11 is 0. The van der Waals surface area contributed by atoms with Crippen molar-refractivity contribution in [3.8, 4) is 17.6 Å². The van der Waals surface area contributed by atoms with Crippen molar-refractivity contribution in [1.82, 2.24) is 15.1 Å². The molecule has 0 fully saturated rings. The van der Waals surface area contributed by atoms with Crippen molar-refractivity contribution in [1.29, 1.82) is 0 Å². The van der Waals surface area contributed by atoms with Gasteiger partial charge in [-0.25, -0.2) is 4.39 Å². The summed E-state index contributed by atoms with van der Waals surface area (Å²) in [5.41, 5.74) is 1.64. The lowest BCUT2D eigenvalue weighted by atomic mass is 10.2. The number of unbranched alkanes of at least 4 members (excludes halogenated alkanes) is 2. The minimum atomic E-state index is -0.479. The van der Waals surface area contributed by atoms with E-state index in [2.05, 4.69) is 29.2 Å². The number of carbonyl (C=O) groups is 1. The van der Waals surface area contributed by atoms with E-state index in [-0.39, 0.29) is 24.8 Å². The Kier molecular flexibility index (Phi) is 7.87. The Hall–Kier alpha value is -2.81. The largest absolute Gasteiger partial charge is 0.478 e. The molecule has 1 amide bonds. The zero-order chi connectivity index (χ0) is 19.6. The summed E-state index contributed by atoms with van der Waals surface area (Å²) in [5.74, 6) is 5.25. The monoisotopic (exact) mass is 371 g/mol. The smallest absolute Gasteiger partial charge is 0.269 e. The van der Waals surface area contributed by atoms with Crippen molar-refractivity contribution in [2.75, 3.05) is 6.61 Å². The van der Waals surface area contributed by atoms with E-state index in [4.69, 9.17) is 4.74 Å². The highest BCUT2D eigenvalue weighted by molar-refractivity contribution is 5.92. The third kappa shape index (κ3) is 5.85. The summed E-state index contributed by atoms with van der Waals surface area (Å²) in [6, 6.07) is 6.62. The third-order valence-corrected chi connectivity index (χ3v) is 4.09. The number of ether oxygens (including phenoxy) is 1. The van der Waals surface area contributed by atoms with E-state index < -0.39 is 5.82 Å². The summed E-state index contributed by atoms with van der Waals surface area (Å²) in [4.78, 5) is 12.3. The first-order valence-corrected chi connectivity index (χ1v) is 9.23. The van der Waals surface area contributed by atoms with Gasteiger partial charge < -0.3 is 10.1 Å². The number of aryl methyl sites for hydroxylation is 2. The molecule has 1 aromatic heterocycles. The van der Waals surface area contributed by atoms with E-state index in [1.54, 1.807) is 31.3 Å². The van der Waals surface area contributed by atoms with Crippen LogP contribution in [0.2, 0.25) is 0 Å². The number of hydrogen-bond acceptors (Lipinski definition) is 3. The Balaban J connectivity index is 1.95. The molecule has 0 saturated carbocycles. The van der Waals surface area contributed by atoms with Crippen molar-refractivity contribution < 1.29 is 13.9 Å². The average Bonchev–Trinajstić information content (AvgIpc) is 3.05. The number of carbonyl (C=O) groups excluding carboxylic acids is 1. The SMILES string of the molecule is CCCCC#CCOc1cccc(CNC(=O)c2cc(CC)nn2C)c1F. The molecular formula is C21H26FN3O2. The van der Waals surface area contributed by atoms with Crippen LogP contribution in [0.25, 0.3) is 0 Å². The first kappa shape index (κ1) is 20.5. The maximum absolute atomic E-state index is 14.6. The van der Waals surface area contributed by atoms with Gasteiger partial charge in [0.15, 0.2) is 11.6 Å². The van der Waals surface area contributed by atoms with Gasteiger partial charge in [-0.2, -0.15) is 5.10 Å². The zero-order valence-corrected chi connectivity index (χ0v) is 16.1. The number of hydrogen-bond donors (Lipinski definition) is 1. The van der Waals surface area contributed by atoms with Crippen LogP contribution in [0.1, 0.15) is 54.9 Å². The molecule has 0 spiro atoms. The van der Waals surface area contributed by atoms with E-state index in [0.29, 0.717) is 11.3 Å². The molecule has 0 radical (unpaired) electrons. The van der Waals surface area contributed by atoms with Crippen molar-refractivity contribution in [2.24, 2.45) is 7.05 Å². The molecule has 1 aromatic carbocycles. The lowest BCUT2D eigenvalue weighted by Crippen LogP contribution is -2.25. The molecule has 6 heteroatoms. The lowest BCUT2D eigenvalue weighted by molar-refractivity contribution is 0.0941. The molecule has 5 nitrogen and oxygen atoms in total. The maximum Gasteiger partial charge on any atom is 0.269 e. The summed E-state index contributed by atoms with van der Waals surface area (Å²) < 4.78 is 21.5. The van der Waals surface area contributed by atoms with E-state index in [0.717, 1.165) is 31.4 Å². The Labute approximate surface area is 159 Å². The summed E-state index contributed by atoms with van der Waals surface area (Å²) in [6.45, 7) is 4.29. The maximum atomic E-state index is 14.6. The lowest BCUT2D eigenvalue weighted by Gasteiger charge is -2.09. The number of nitrogens with zero attached hydrogens (tertiary/aromatic N) is 2. The minimum Gasteiger partial charge on any atom is -0.478 e. The molecule has 27 heavy (non-hydrogen) atoms. The average molecular weight is 371 g/mol. The highest BCUT2D eigenvalue weighted by Gasteiger charge is 2.14. The molecule has 1 N–H and O–H groups in total. The van der Waals surface area contributed by atoms with Gasteiger partial charge in [0, 0.05) is 25.6 Å². The molecule has 0 atom stereocenters. The zero-order valence-electron chi connectivity index (χ0n) is 16.1. The van der Waals surface area contributed by atoms with Gasteiger partial charge in [0.05, 0.1) is 5.69 Å². The van der Waals surface area contributed by atoms with Crippen LogP contribution in [0.3, 0.4) is 0 Å². The van der Waals surface area contributed by atoms with Crippen LogP contribution >= 0.6 is 0 Å². The summed E-state index contributed by atoms with van der Waals surface area (Å²) in [5, 5.41) is 6.97. The third-order valence-electron chi connectivity index (χ3n) is 4.09. The molecule has 0 bridgehead atoms. The molecule has 0 aliphatic heterocycles. The predicted molar refractivity (Wildman–Crippen MR) is 103 cm³/mol. The normalized spacial score (nSPS) is 10.2. The fourth-order valence-electron chi connectivity index (χ4n) is 2.50. The first-order valence-electron chi connectivity index (χ1n) is 9.23. The van der Waals surface area contributed by atoms with Crippen LogP contribution < -0.4 is 10.1 Å². The second-order valence-electron chi connectivity index (χ2n) is 6.16. The van der Waals surface area contributed by atoms with Crippen molar-refractivity contribution in [3.05, 3.63) is 47.0 Å². The molecule has 144 valence electrons. The number of rotatable bonds is 8. The van der Waals surface area contributed by atoms with Gasteiger partial charge in [-0.3, -0.25) is 9.48 Å². The van der Waals surface area contributed by atoms with E-state index >= 15 is 0 Å². The number of nitrogens with one attached hydrogen (secondary N) is 1. The Morgan fingerprint density at radius 1 is 1.33 bits per heavy atom. The van der Waals surface area contributed by atoms with Crippen LogP contribution in [0, 0.1) is 17.7 Å². The molecule has 1 heterocycles. The topological polar surface area (TPSA) is 56.1 Å². The second kappa shape index (κ2) is 10.4. The minimum absolute atomic E-state index is 0.0662. The highest BCUT2D eigenvalue weighted by atomic mass is 19.1. The summed E-state index contributed by atoms with van der Waals surface area (Å²) in [7, 11) is 1.71. The Morgan fingerprint density at radius 2 is 2.15 bits per heavy atom. The van der Waals surface area contributed by atoms with Crippen LogP contribution in [-0.2, 0) is 20.0 Å². The number of aromatic nitrogens is 2. The Bertz CT molecular complexity index is 834. The van der Waals surface area contributed by atoms with Gasteiger partial charge >= 0.3 is 0 Å². The Morgan fingerprint density at radius 3 is 2.85 bits per heavy atom. The van der Waals surface area contributed by atoms with Gasteiger partial charge in [0.25, 0.3) is 5.91 Å². The predicted octanol–water partition coefficient (Wildman–Crippen LogP) is 3.62. The fraction of sp³-hybridized carbons (Fsp3) is 0.429. The standard InChI is InChI=1S/C21H26FN3O2/c1-4-6-7-8-9-13-27-19-12-10-11-16(20(19)22)15-23-21(26)18-14-17(5-2)24-25(18)3/h10-12,14H,4-7,13,15H2,1-3H3,(H,23,26). The molecule has 0 aliphatic carbocycles. The van der Waals surface area contributed by atoms with Gasteiger partial charge in [0.2, 0.25) is 0 Å². The fourth-order valence-corrected chi connectivity index (χ4v) is 2.50. The highest BCUT2D eigenvalue weighted by Crippen LogP contribution is 2.20. The van der Waals surface area contributed by atoms with Crippen LogP contribution in [0.15, 0.2) is 24.3 Å². The van der Waals surface area contributed by atoms with Crippen LogP contribution in [0.4, 0.5) is 4.39 Å². The number of halogens is 1. The van der Waals surface area contributed by atoms with Gasteiger partial charge in [0.1, 0.15) is 12.3 Å². The van der Waals surface area contributed by atoms with Gasteiger partial charge in [-0.1, -0.05) is 44.2 Å². The van der Waals surface area contributed by atoms with E-state index in [9.17, 15) is 9.18 Å². The van der Waals surface area contributed by atoms with Crippen molar-refractivity contribution in [2.45, 2.75) is 46.1 Å². The van der Waals surface area contributed by atoms with Crippen molar-refractivity contribution in [3.63, 3.8) is 0 Å². The summed E-state index contributed by atoms with van der Waals surface area (Å²) in [6.07, 6.45) is 3.71. The van der Waals surface area contributed by atoms with Crippen LogP contribution in [-0.4, -0.2) is 22.3 Å². The number of amides is 1. The molecule has 2 aromatic rings.